The number of fused-ring (bicyclic) bond motifs is 3. The van der Waals surface area contributed by atoms with Crippen LogP contribution in [-0.2, 0) is 38.5 Å². The Kier molecular flexibility index (Phi) is 8.09. The first-order chi connectivity index (χ1) is 19.8. The smallest absolute Gasteiger partial charge is 0.336 e. The Hall–Kier alpha value is -5.52. The topological polar surface area (TPSA) is 224 Å². The summed E-state index contributed by atoms with van der Waals surface area (Å²) in [6.07, 6.45) is 0.995. The highest BCUT2D eigenvalue weighted by atomic mass is 16.4. The Morgan fingerprint density at radius 2 is 0.429 bits per heavy atom. The highest BCUT2D eigenvalue weighted by Gasteiger charge is 2.25. The monoisotopic (exact) mass is 576 g/mol. The van der Waals surface area contributed by atoms with Crippen molar-refractivity contribution < 1.29 is 59.4 Å². The summed E-state index contributed by atoms with van der Waals surface area (Å²) >= 11 is 0. The van der Waals surface area contributed by atoms with Gasteiger partial charge in [-0.3, -0.25) is 0 Å². The molecule has 0 radical (unpaired) electrons. The molecular formula is C30H24O12. The third kappa shape index (κ3) is 5.82. The van der Waals surface area contributed by atoms with Gasteiger partial charge in [-0.2, -0.15) is 0 Å². The first kappa shape index (κ1) is 29.5. The molecule has 0 bridgehead atoms. The minimum Gasteiger partial charge on any atom is -0.478 e. The van der Waals surface area contributed by atoms with E-state index in [0.717, 1.165) is 0 Å². The average Bonchev–Trinajstić information content (AvgIpc) is 2.92. The molecule has 0 aliphatic heterocycles. The molecule has 216 valence electrons. The molecule has 3 aromatic carbocycles. The van der Waals surface area contributed by atoms with Crippen molar-refractivity contribution in [3.8, 4) is 0 Å². The summed E-state index contributed by atoms with van der Waals surface area (Å²) in [4.78, 5) is 71.2. The molecule has 3 aromatic rings. The molecule has 1 aliphatic rings. The van der Waals surface area contributed by atoms with E-state index in [-0.39, 0.29) is 38.5 Å². The summed E-state index contributed by atoms with van der Waals surface area (Å²) in [5, 5.41) is 57.9. The van der Waals surface area contributed by atoms with Crippen LogP contribution < -0.4 is 0 Å². The van der Waals surface area contributed by atoms with Crippen LogP contribution in [0.4, 0.5) is 0 Å². The van der Waals surface area contributed by atoms with Gasteiger partial charge in [-0.1, -0.05) is 0 Å². The Balaban J connectivity index is 1.98. The van der Waals surface area contributed by atoms with Crippen LogP contribution in [0.3, 0.4) is 0 Å². The van der Waals surface area contributed by atoms with Crippen LogP contribution in [0.1, 0.15) is 95.5 Å². The van der Waals surface area contributed by atoms with E-state index in [4.69, 9.17) is 0 Å². The van der Waals surface area contributed by atoms with Crippen LogP contribution in [-0.4, -0.2) is 66.5 Å². The number of rotatable bonds is 6. The molecule has 0 heterocycles. The number of benzene rings is 3. The standard InChI is InChI=1S/C30H24O12/c31-25(32)19-7-13-1-2-14-8-20(26(33)34)22(28(37)38)10-16(14)5-6-18-12-24(30(41)42)23(29(39)40)11-17(18)4-3-15(13)9-21(19)27(35)36/h7-12H,1-6H2,(H,31,32)(H,33,34)(H,35,36)(H,37,38)(H,39,40)(H,41,42). The van der Waals surface area contributed by atoms with E-state index in [2.05, 4.69) is 0 Å². The normalized spacial score (nSPS) is 12.9. The summed E-state index contributed by atoms with van der Waals surface area (Å²) in [6.45, 7) is 0. The van der Waals surface area contributed by atoms with E-state index in [1.54, 1.807) is 0 Å². The molecule has 12 nitrogen and oxygen atoms in total. The molecule has 0 atom stereocenters. The maximum absolute atomic E-state index is 11.9. The van der Waals surface area contributed by atoms with Crippen molar-refractivity contribution in [1.82, 2.24) is 0 Å². The van der Waals surface area contributed by atoms with Gasteiger partial charge in [0.2, 0.25) is 0 Å². The van der Waals surface area contributed by atoms with Gasteiger partial charge in [-0.05, 0) is 108 Å². The highest BCUT2D eigenvalue weighted by Crippen LogP contribution is 2.28. The lowest BCUT2D eigenvalue weighted by molar-refractivity contribution is 0.0651. The molecule has 12 heteroatoms. The Morgan fingerprint density at radius 3 is 0.524 bits per heavy atom. The zero-order valence-electron chi connectivity index (χ0n) is 21.8. The zero-order chi connectivity index (χ0) is 30.9. The van der Waals surface area contributed by atoms with E-state index in [1.807, 2.05) is 0 Å². The molecule has 4 rings (SSSR count). The van der Waals surface area contributed by atoms with Crippen molar-refractivity contribution in [1.29, 1.82) is 0 Å². The van der Waals surface area contributed by atoms with Gasteiger partial charge in [0.1, 0.15) is 0 Å². The molecule has 0 saturated heterocycles. The minimum atomic E-state index is -1.46. The fourth-order valence-electron chi connectivity index (χ4n) is 5.33. The Bertz CT molecular complexity index is 1380. The molecular weight excluding hydrogens is 552 g/mol. The fraction of sp³-hybridized carbons (Fsp3) is 0.200. The molecule has 0 fully saturated rings. The van der Waals surface area contributed by atoms with Gasteiger partial charge in [0.25, 0.3) is 0 Å². The molecule has 0 unspecified atom stereocenters. The van der Waals surface area contributed by atoms with Crippen LogP contribution in [0.2, 0.25) is 0 Å². The lowest BCUT2D eigenvalue weighted by atomic mass is 9.85. The lowest BCUT2D eigenvalue weighted by Gasteiger charge is -2.19. The Morgan fingerprint density at radius 1 is 0.310 bits per heavy atom. The second-order valence-electron chi connectivity index (χ2n) is 9.83. The van der Waals surface area contributed by atoms with Crippen molar-refractivity contribution >= 4 is 35.8 Å². The van der Waals surface area contributed by atoms with E-state index in [1.165, 1.54) is 36.4 Å². The quantitative estimate of drug-likeness (QED) is 0.248. The fourth-order valence-corrected chi connectivity index (χ4v) is 5.33. The number of aromatic carboxylic acids is 6. The van der Waals surface area contributed by atoms with Gasteiger partial charge in [0, 0.05) is 0 Å². The average molecular weight is 577 g/mol. The first-order valence-corrected chi connectivity index (χ1v) is 12.7. The number of carboxylic acids is 6. The number of carboxylic acid groups (broad SMARTS) is 6. The summed E-state index contributed by atoms with van der Waals surface area (Å²) in [5.41, 5.74) is 0.116. The maximum Gasteiger partial charge on any atom is 0.336 e. The van der Waals surface area contributed by atoms with Crippen LogP contribution in [0, 0.1) is 0 Å². The van der Waals surface area contributed by atoms with Gasteiger partial charge in [0.15, 0.2) is 0 Å². The van der Waals surface area contributed by atoms with Crippen molar-refractivity contribution in [3.05, 3.63) is 103 Å². The van der Waals surface area contributed by atoms with Crippen LogP contribution in [0.5, 0.6) is 0 Å². The lowest BCUT2D eigenvalue weighted by Crippen LogP contribution is -2.15. The summed E-state index contributed by atoms with van der Waals surface area (Å²) < 4.78 is 0. The highest BCUT2D eigenvalue weighted by molar-refractivity contribution is 6.03. The number of carbonyl (C=O) groups is 6. The van der Waals surface area contributed by atoms with E-state index in [0.29, 0.717) is 33.4 Å². The van der Waals surface area contributed by atoms with Gasteiger partial charge < -0.3 is 30.6 Å². The van der Waals surface area contributed by atoms with Crippen molar-refractivity contribution in [3.63, 3.8) is 0 Å². The van der Waals surface area contributed by atoms with Gasteiger partial charge in [-0.25, -0.2) is 28.8 Å². The van der Waals surface area contributed by atoms with Crippen molar-refractivity contribution in [2.45, 2.75) is 38.5 Å². The zero-order valence-corrected chi connectivity index (χ0v) is 21.8. The molecule has 42 heavy (non-hydrogen) atoms. The van der Waals surface area contributed by atoms with Crippen LogP contribution in [0.25, 0.3) is 0 Å². The third-order valence-corrected chi connectivity index (χ3v) is 7.39. The molecule has 0 saturated carbocycles. The molecule has 6 N–H and O–H groups in total. The van der Waals surface area contributed by atoms with Crippen LogP contribution in [0.15, 0.2) is 36.4 Å². The third-order valence-electron chi connectivity index (χ3n) is 7.39. The minimum absolute atomic E-state index is 0.166. The predicted molar refractivity (Wildman–Crippen MR) is 143 cm³/mol. The molecule has 0 amide bonds. The predicted octanol–water partition coefficient (Wildman–Crippen LogP) is 3.54. The second-order valence-corrected chi connectivity index (χ2v) is 9.83. The van der Waals surface area contributed by atoms with E-state index in [9.17, 15) is 59.4 Å². The first-order valence-electron chi connectivity index (χ1n) is 12.7. The van der Waals surface area contributed by atoms with Gasteiger partial charge >= 0.3 is 35.8 Å². The summed E-state index contributed by atoms with van der Waals surface area (Å²) in [6, 6.07) is 7.46. The molecule has 1 aliphatic carbocycles. The van der Waals surface area contributed by atoms with Crippen molar-refractivity contribution in [2.24, 2.45) is 0 Å². The number of aryl methyl sites for hydroxylation is 6. The number of hydrogen-bond acceptors (Lipinski definition) is 6. The maximum atomic E-state index is 11.9. The van der Waals surface area contributed by atoms with Crippen LogP contribution >= 0.6 is 0 Å². The largest absolute Gasteiger partial charge is 0.478 e. The molecule has 0 aromatic heterocycles. The van der Waals surface area contributed by atoms with E-state index >= 15 is 0 Å². The summed E-state index contributed by atoms with van der Waals surface area (Å²) in [7, 11) is 0. The van der Waals surface area contributed by atoms with Crippen molar-refractivity contribution in [2.75, 3.05) is 0 Å². The Labute approximate surface area is 237 Å². The number of hydrogen-bond donors (Lipinski definition) is 6. The van der Waals surface area contributed by atoms with Gasteiger partial charge in [0.05, 0.1) is 33.4 Å². The SMILES string of the molecule is O=C(O)c1cc2c(cc1C(=O)O)CCc1cc(C(=O)O)c(C(=O)O)cc1CCc1cc(C(=O)O)c(C(=O)O)cc1CC2. The summed E-state index contributed by atoms with van der Waals surface area (Å²) in [5.74, 6) is -8.76. The van der Waals surface area contributed by atoms with Gasteiger partial charge in [-0.15, -0.1) is 0 Å². The second kappa shape index (κ2) is 11.5. The molecule has 0 spiro atoms. The van der Waals surface area contributed by atoms with E-state index < -0.39 is 69.2 Å².